The fourth-order valence-corrected chi connectivity index (χ4v) is 4.45. The average molecular weight is 445 g/mol. The van der Waals surface area contributed by atoms with E-state index < -0.39 is 5.72 Å². The van der Waals surface area contributed by atoms with Crippen LogP contribution in [0, 0.1) is 6.92 Å². The fourth-order valence-electron chi connectivity index (χ4n) is 4.45. The van der Waals surface area contributed by atoms with Crippen LogP contribution < -0.4 is 31.4 Å². The summed E-state index contributed by atoms with van der Waals surface area (Å²) in [6, 6.07) is 14.2. The van der Waals surface area contributed by atoms with Crippen molar-refractivity contribution in [1.82, 2.24) is 0 Å². The van der Waals surface area contributed by atoms with Crippen LogP contribution in [0.4, 0.5) is 5.69 Å². The molecule has 0 radical (unpaired) electrons. The van der Waals surface area contributed by atoms with Crippen molar-refractivity contribution in [3.63, 3.8) is 0 Å². The third kappa shape index (κ3) is 3.08. The molecule has 0 saturated heterocycles. The standard InChI is InChI=1S/C22H25N2O3.BrH/c1-16-6-8-17(9-7-16)22(25)14-23-12-4-2-3-5-21(23)24(22)18-10-11-19-20(13-18)27-15-26-19;/h6-11,13,25H,2-5,12,14-15H2,1H3;1H/q+1;/p-1. The van der Waals surface area contributed by atoms with Gasteiger partial charge in [-0.15, -0.1) is 0 Å². The lowest BCUT2D eigenvalue weighted by atomic mass is 9.98. The minimum atomic E-state index is -1.09. The molecule has 3 aliphatic rings. The molecule has 0 bridgehead atoms. The van der Waals surface area contributed by atoms with Gasteiger partial charge in [0.05, 0.1) is 6.54 Å². The molecule has 0 aromatic heterocycles. The van der Waals surface area contributed by atoms with Crippen molar-refractivity contribution >= 4 is 11.5 Å². The molecule has 5 rings (SSSR count). The molecule has 0 amide bonds. The van der Waals surface area contributed by atoms with Crippen molar-refractivity contribution in [3.8, 4) is 11.5 Å². The molecular formula is C22H25BrN2O3. The number of ether oxygens (including phenoxy) is 2. The van der Waals surface area contributed by atoms with E-state index in [1.807, 2.05) is 30.3 Å². The molecule has 0 fully saturated rings. The lowest BCUT2D eigenvalue weighted by Crippen LogP contribution is -3.00. The summed E-state index contributed by atoms with van der Waals surface area (Å²) in [5.41, 5.74) is 1.97. The molecule has 1 atom stereocenters. The predicted octanol–water partition coefficient (Wildman–Crippen LogP) is 0.378. The highest BCUT2D eigenvalue weighted by Crippen LogP contribution is 2.42. The van der Waals surface area contributed by atoms with E-state index in [0.29, 0.717) is 6.54 Å². The van der Waals surface area contributed by atoms with Gasteiger partial charge in [0.1, 0.15) is 5.69 Å². The maximum atomic E-state index is 11.9. The van der Waals surface area contributed by atoms with Gasteiger partial charge in [0.25, 0.3) is 11.6 Å². The van der Waals surface area contributed by atoms with Crippen molar-refractivity contribution in [2.24, 2.45) is 0 Å². The van der Waals surface area contributed by atoms with Gasteiger partial charge < -0.3 is 31.6 Å². The molecule has 3 heterocycles. The van der Waals surface area contributed by atoms with Gasteiger partial charge in [0, 0.05) is 18.1 Å². The van der Waals surface area contributed by atoms with Gasteiger partial charge in [-0.05, 0) is 38.3 Å². The number of aliphatic hydroxyl groups is 1. The molecule has 1 N–H and O–H groups in total. The van der Waals surface area contributed by atoms with Crippen molar-refractivity contribution in [2.45, 2.75) is 38.3 Å². The van der Waals surface area contributed by atoms with E-state index in [0.717, 1.165) is 42.1 Å². The van der Waals surface area contributed by atoms with Gasteiger partial charge in [-0.25, -0.2) is 0 Å². The third-order valence-electron chi connectivity index (χ3n) is 5.86. The van der Waals surface area contributed by atoms with Crippen molar-refractivity contribution in [3.05, 3.63) is 53.6 Å². The Hall–Kier alpha value is -2.05. The number of hydrogen-bond acceptors (Lipinski definition) is 4. The van der Waals surface area contributed by atoms with Gasteiger partial charge in [-0.3, -0.25) is 4.58 Å². The van der Waals surface area contributed by atoms with Crippen molar-refractivity contribution in [1.29, 1.82) is 0 Å². The number of rotatable bonds is 2. The Kier molecular flexibility index (Phi) is 5.10. The number of aryl methyl sites for hydroxylation is 1. The Bertz CT molecular complexity index is 912. The quantitative estimate of drug-likeness (QED) is 0.680. The minimum Gasteiger partial charge on any atom is -1.00 e. The molecular weight excluding hydrogens is 420 g/mol. The first-order valence-corrected chi connectivity index (χ1v) is 9.75. The normalized spacial score (nSPS) is 23.3. The van der Waals surface area contributed by atoms with Crippen LogP contribution >= 0.6 is 0 Å². The highest BCUT2D eigenvalue weighted by Gasteiger charge is 2.54. The molecule has 28 heavy (non-hydrogen) atoms. The summed E-state index contributed by atoms with van der Waals surface area (Å²) in [5, 5.41) is 11.9. The van der Waals surface area contributed by atoms with Crippen LogP contribution in [0.5, 0.6) is 11.5 Å². The fraction of sp³-hybridized carbons (Fsp3) is 0.409. The van der Waals surface area contributed by atoms with Crippen LogP contribution in [0.25, 0.3) is 0 Å². The Balaban J connectivity index is 0.00000192. The number of fused-ring (bicyclic) bond motifs is 1. The zero-order valence-electron chi connectivity index (χ0n) is 16.0. The summed E-state index contributed by atoms with van der Waals surface area (Å²) in [5.74, 6) is 2.71. The van der Waals surface area contributed by atoms with Crippen molar-refractivity contribution < 1.29 is 36.1 Å². The summed E-state index contributed by atoms with van der Waals surface area (Å²) < 4.78 is 13.4. The first-order valence-electron chi connectivity index (χ1n) is 9.75. The topological polar surface area (TPSA) is 44.9 Å². The molecule has 0 saturated carbocycles. The lowest BCUT2D eigenvalue weighted by Gasteiger charge is -2.29. The molecule has 5 nitrogen and oxygen atoms in total. The summed E-state index contributed by atoms with van der Waals surface area (Å²) in [7, 11) is 0. The smallest absolute Gasteiger partial charge is 0.275 e. The van der Waals surface area contributed by atoms with Crippen LogP contribution in [0.2, 0.25) is 0 Å². The van der Waals surface area contributed by atoms with Crippen LogP contribution in [0.3, 0.4) is 0 Å². The lowest BCUT2D eigenvalue weighted by molar-refractivity contribution is -0.534. The van der Waals surface area contributed by atoms with E-state index in [9.17, 15) is 5.11 Å². The minimum absolute atomic E-state index is 0. The van der Waals surface area contributed by atoms with E-state index in [4.69, 9.17) is 9.47 Å². The highest BCUT2D eigenvalue weighted by atomic mass is 79.9. The Morgan fingerprint density at radius 1 is 1.00 bits per heavy atom. The maximum absolute atomic E-state index is 11.9. The van der Waals surface area contributed by atoms with Gasteiger partial charge in [0.2, 0.25) is 6.79 Å². The molecule has 2 aromatic rings. The van der Waals surface area contributed by atoms with Gasteiger partial charge in [-0.2, -0.15) is 4.90 Å². The number of halogens is 1. The molecule has 0 spiro atoms. The second kappa shape index (κ2) is 7.41. The number of benzene rings is 2. The molecule has 6 heteroatoms. The van der Waals surface area contributed by atoms with Gasteiger partial charge in [-0.1, -0.05) is 29.8 Å². The monoisotopic (exact) mass is 444 g/mol. The molecule has 0 aliphatic carbocycles. The number of nitrogens with zero attached hydrogens (tertiary/aromatic N) is 2. The Labute approximate surface area is 176 Å². The molecule has 3 aliphatic heterocycles. The second-order valence-corrected chi connectivity index (χ2v) is 7.70. The van der Waals surface area contributed by atoms with E-state index in [2.05, 4.69) is 28.5 Å². The SMILES string of the molecule is Cc1ccc(C2(O)C[N+]3=C(CCCCC3)N2c2ccc3c(c2)OCO3)cc1.[Br-]. The first kappa shape index (κ1) is 19.3. The van der Waals surface area contributed by atoms with Gasteiger partial charge >= 0.3 is 0 Å². The summed E-state index contributed by atoms with van der Waals surface area (Å²) >= 11 is 0. The maximum Gasteiger partial charge on any atom is 0.275 e. The molecule has 2 aromatic carbocycles. The van der Waals surface area contributed by atoms with Crippen molar-refractivity contribution in [2.75, 3.05) is 24.8 Å². The van der Waals surface area contributed by atoms with E-state index in [1.54, 1.807) is 0 Å². The van der Waals surface area contributed by atoms with Crippen LogP contribution in [-0.2, 0) is 5.72 Å². The third-order valence-corrected chi connectivity index (χ3v) is 5.86. The zero-order chi connectivity index (χ0) is 18.4. The predicted molar refractivity (Wildman–Crippen MR) is 104 cm³/mol. The zero-order valence-corrected chi connectivity index (χ0v) is 17.6. The molecule has 1 unspecified atom stereocenters. The van der Waals surface area contributed by atoms with E-state index >= 15 is 0 Å². The van der Waals surface area contributed by atoms with Crippen LogP contribution in [0.1, 0.15) is 36.8 Å². The first-order chi connectivity index (χ1) is 13.1. The highest BCUT2D eigenvalue weighted by molar-refractivity contribution is 5.97. The number of amidine groups is 1. The number of hydrogen-bond donors (Lipinski definition) is 1. The van der Waals surface area contributed by atoms with Crippen LogP contribution in [-0.4, -0.2) is 35.4 Å². The number of anilines is 1. The molecule has 148 valence electrons. The summed E-state index contributed by atoms with van der Waals surface area (Å²) in [4.78, 5) is 2.12. The van der Waals surface area contributed by atoms with E-state index in [-0.39, 0.29) is 23.8 Å². The van der Waals surface area contributed by atoms with E-state index in [1.165, 1.54) is 24.2 Å². The Morgan fingerprint density at radius 2 is 1.79 bits per heavy atom. The van der Waals surface area contributed by atoms with Crippen LogP contribution in [0.15, 0.2) is 42.5 Å². The second-order valence-electron chi connectivity index (χ2n) is 7.70. The average Bonchev–Trinajstić information content (AvgIpc) is 3.17. The largest absolute Gasteiger partial charge is 1.00 e. The summed E-state index contributed by atoms with van der Waals surface area (Å²) in [6.07, 6.45) is 4.53. The van der Waals surface area contributed by atoms with Gasteiger partial charge in [0.15, 0.2) is 18.0 Å². The summed E-state index contributed by atoms with van der Waals surface area (Å²) in [6.45, 7) is 3.90. The Morgan fingerprint density at radius 3 is 2.61 bits per heavy atom.